The van der Waals surface area contributed by atoms with Crippen molar-refractivity contribution in [3.05, 3.63) is 35.1 Å². The van der Waals surface area contributed by atoms with E-state index in [1.165, 1.54) is 0 Å². The van der Waals surface area contributed by atoms with Crippen LogP contribution in [-0.4, -0.2) is 0 Å². The molecule has 0 aliphatic rings. The van der Waals surface area contributed by atoms with Crippen LogP contribution in [-0.2, 0) is 6.18 Å². The molecular formula is C13H17F4N. The maximum atomic E-state index is 12.9. The van der Waals surface area contributed by atoms with Crippen molar-refractivity contribution in [3.8, 4) is 0 Å². The molecule has 1 rings (SSSR count). The molecule has 1 atom stereocenters. The third-order valence-electron chi connectivity index (χ3n) is 2.84. The minimum atomic E-state index is -4.57. The average molecular weight is 263 g/mol. The van der Waals surface area contributed by atoms with Gasteiger partial charge < -0.3 is 5.73 Å². The lowest BCUT2D eigenvalue weighted by molar-refractivity contribution is -0.138. The minimum absolute atomic E-state index is 0.0278. The molecule has 18 heavy (non-hydrogen) atoms. The van der Waals surface area contributed by atoms with Gasteiger partial charge in [-0.05, 0) is 24.1 Å². The van der Waals surface area contributed by atoms with Crippen LogP contribution in [0.1, 0.15) is 49.8 Å². The Labute approximate surface area is 104 Å². The van der Waals surface area contributed by atoms with Crippen LogP contribution in [0, 0.1) is 5.82 Å². The molecule has 0 unspecified atom stereocenters. The first-order chi connectivity index (χ1) is 8.36. The SMILES string of the molecule is CCCCC[C@@H](N)c1ccc(F)cc1C(F)(F)F. The highest BCUT2D eigenvalue weighted by atomic mass is 19.4. The zero-order chi connectivity index (χ0) is 13.8. The van der Waals surface area contributed by atoms with E-state index < -0.39 is 23.6 Å². The second-order valence-corrected chi connectivity index (χ2v) is 4.33. The molecular weight excluding hydrogens is 246 g/mol. The Morgan fingerprint density at radius 1 is 1.22 bits per heavy atom. The predicted molar refractivity (Wildman–Crippen MR) is 62.5 cm³/mol. The Kier molecular flexibility index (Phi) is 5.14. The van der Waals surface area contributed by atoms with Gasteiger partial charge in [-0.25, -0.2) is 4.39 Å². The van der Waals surface area contributed by atoms with Gasteiger partial charge in [0.05, 0.1) is 5.56 Å². The first-order valence-electron chi connectivity index (χ1n) is 5.98. The molecule has 0 amide bonds. The Morgan fingerprint density at radius 3 is 2.44 bits per heavy atom. The quantitative estimate of drug-likeness (QED) is 0.617. The second kappa shape index (κ2) is 6.18. The van der Waals surface area contributed by atoms with Gasteiger partial charge in [0.15, 0.2) is 0 Å². The highest BCUT2D eigenvalue weighted by Crippen LogP contribution is 2.35. The third-order valence-corrected chi connectivity index (χ3v) is 2.84. The first-order valence-corrected chi connectivity index (χ1v) is 5.98. The van der Waals surface area contributed by atoms with Gasteiger partial charge in [0.2, 0.25) is 0 Å². The number of alkyl halides is 3. The van der Waals surface area contributed by atoms with Gasteiger partial charge in [0.25, 0.3) is 0 Å². The number of nitrogens with two attached hydrogens (primary N) is 1. The number of benzene rings is 1. The highest BCUT2D eigenvalue weighted by molar-refractivity contribution is 5.32. The van der Waals surface area contributed by atoms with E-state index in [4.69, 9.17) is 5.73 Å². The Balaban J connectivity index is 2.93. The normalized spacial score (nSPS) is 13.7. The zero-order valence-electron chi connectivity index (χ0n) is 10.2. The van der Waals surface area contributed by atoms with Crippen LogP contribution in [0.2, 0.25) is 0 Å². The van der Waals surface area contributed by atoms with Crippen molar-refractivity contribution in [1.82, 2.24) is 0 Å². The summed E-state index contributed by atoms with van der Waals surface area (Å²) in [7, 11) is 0. The van der Waals surface area contributed by atoms with Crippen molar-refractivity contribution in [3.63, 3.8) is 0 Å². The van der Waals surface area contributed by atoms with E-state index >= 15 is 0 Å². The van der Waals surface area contributed by atoms with Crippen molar-refractivity contribution in [2.24, 2.45) is 5.73 Å². The Bertz CT molecular complexity index is 387. The summed E-state index contributed by atoms with van der Waals surface area (Å²) in [5.41, 5.74) is 4.77. The number of halogens is 4. The standard InChI is InChI=1S/C13H17F4N/c1-2-3-4-5-12(18)10-7-6-9(14)8-11(10)13(15,16)17/h6-8,12H,2-5,18H2,1H3/t12-/m1/s1. The van der Waals surface area contributed by atoms with Gasteiger partial charge in [0.1, 0.15) is 5.82 Å². The van der Waals surface area contributed by atoms with Crippen LogP contribution in [0.4, 0.5) is 17.6 Å². The smallest absolute Gasteiger partial charge is 0.324 e. The van der Waals surface area contributed by atoms with Crippen LogP contribution in [0.25, 0.3) is 0 Å². The number of unbranched alkanes of at least 4 members (excludes halogenated alkanes) is 2. The predicted octanol–water partition coefficient (Wildman–Crippen LogP) is 4.42. The van der Waals surface area contributed by atoms with E-state index in [-0.39, 0.29) is 5.56 Å². The molecule has 0 bridgehead atoms. The van der Waals surface area contributed by atoms with Crippen LogP contribution >= 0.6 is 0 Å². The maximum Gasteiger partial charge on any atom is 0.416 e. The fourth-order valence-corrected chi connectivity index (χ4v) is 1.87. The van der Waals surface area contributed by atoms with Gasteiger partial charge in [0, 0.05) is 6.04 Å². The Hall–Kier alpha value is -1.10. The molecule has 1 nitrogen and oxygen atoms in total. The average Bonchev–Trinajstić information content (AvgIpc) is 2.28. The highest BCUT2D eigenvalue weighted by Gasteiger charge is 2.34. The molecule has 0 heterocycles. The van der Waals surface area contributed by atoms with Gasteiger partial charge in [-0.3, -0.25) is 0 Å². The van der Waals surface area contributed by atoms with Crippen molar-refractivity contribution < 1.29 is 17.6 Å². The van der Waals surface area contributed by atoms with Gasteiger partial charge in [-0.15, -0.1) is 0 Å². The van der Waals surface area contributed by atoms with Gasteiger partial charge in [-0.2, -0.15) is 13.2 Å². The molecule has 1 aromatic rings. The molecule has 2 N–H and O–H groups in total. The lowest BCUT2D eigenvalue weighted by Gasteiger charge is -2.18. The molecule has 5 heteroatoms. The molecule has 0 radical (unpaired) electrons. The van der Waals surface area contributed by atoms with E-state index in [0.717, 1.165) is 31.4 Å². The van der Waals surface area contributed by atoms with Crippen LogP contribution in [0.15, 0.2) is 18.2 Å². The fraction of sp³-hybridized carbons (Fsp3) is 0.538. The van der Waals surface area contributed by atoms with Gasteiger partial charge in [-0.1, -0.05) is 32.3 Å². The van der Waals surface area contributed by atoms with Crippen LogP contribution in [0.5, 0.6) is 0 Å². The molecule has 0 aromatic heterocycles. The third kappa shape index (κ3) is 3.98. The maximum absolute atomic E-state index is 12.9. The summed E-state index contributed by atoms with van der Waals surface area (Å²) in [6.45, 7) is 2.00. The lowest BCUT2D eigenvalue weighted by Crippen LogP contribution is -2.17. The lowest BCUT2D eigenvalue weighted by atomic mass is 9.96. The monoisotopic (exact) mass is 263 g/mol. The number of hydrogen-bond donors (Lipinski definition) is 1. The first kappa shape index (κ1) is 15.0. The molecule has 0 spiro atoms. The summed E-state index contributed by atoms with van der Waals surface area (Å²) in [6.07, 6.45) is -1.42. The van der Waals surface area contributed by atoms with E-state index in [1.807, 2.05) is 6.92 Å². The molecule has 1 aromatic carbocycles. The second-order valence-electron chi connectivity index (χ2n) is 4.33. The van der Waals surface area contributed by atoms with Crippen molar-refractivity contribution in [1.29, 1.82) is 0 Å². The summed E-state index contributed by atoms with van der Waals surface area (Å²) >= 11 is 0. The number of rotatable bonds is 5. The molecule has 0 aliphatic carbocycles. The molecule has 0 saturated heterocycles. The van der Waals surface area contributed by atoms with E-state index in [9.17, 15) is 17.6 Å². The zero-order valence-corrected chi connectivity index (χ0v) is 10.2. The van der Waals surface area contributed by atoms with Crippen molar-refractivity contribution in [2.45, 2.75) is 44.8 Å². The molecule has 102 valence electrons. The van der Waals surface area contributed by atoms with E-state index in [1.54, 1.807) is 0 Å². The molecule has 0 aliphatic heterocycles. The van der Waals surface area contributed by atoms with Crippen LogP contribution < -0.4 is 5.73 Å². The summed E-state index contributed by atoms with van der Waals surface area (Å²) in [5, 5.41) is 0. The number of hydrogen-bond acceptors (Lipinski definition) is 1. The molecule has 0 fully saturated rings. The topological polar surface area (TPSA) is 26.0 Å². The Morgan fingerprint density at radius 2 is 1.89 bits per heavy atom. The summed E-state index contributed by atoms with van der Waals surface area (Å²) in [6, 6.07) is 1.96. The van der Waals surface area contributed by atoms with E-state index in [0.29, 0.717) is 12.5 Å². The van der Waals surface area contributed by atoms with Crippen molar-refractivity contribution >= 4 is 0 Å². The van der Waals surface area contributed by atoms with Crippen LogP contribution in [0.3, 0.4) is 0 Å². The fourth-order valence-electron chi connectivity index (χ4n) is 1.87. The van der Waals surface area contributed by atoms with Gasteiger partial charge >= 0.3 is 6.18 Å². The summed E-state index contributed by atoms with van der Waals surface area (Å²) in [5.74, 6) is -0.896. The van der Waals surface area contributed by atoms with Crippen molar-refractivity contribution in [2.75, 3.05) is 0 Å². The van der Waals surface area contributed by atoms with E-state index in [2.05, 4.69) is 0 Å². The minimum Gasteiger partial charge on any atom is -0.324 e. The molecule has 0 saturated carbocycles. The largest absolute Gasteiger partial charge is 0.416 e. The summed E-state index contributed by atoms with van der Waals surface area (Å²) < 4.78 is 51.2. The summed E-state index contributed by atoms with van der Waals surface area (Å²) in [4.78, 5) is 0.